The van der Waals surface area contributed by atoms with Crippen LogP contribution in [-0.2, 0) is 0 Å². The van der Waals surface area contributed by atoms with Gasteiger partial charge < -0.3 is 0 Å². The van der Waals surface area contributed by atoms with E-state index in [4.69, 9.17) is 0 Å². The van der Waals surface area contributed by atoms with Gasteiger partial charge in [0.1, 0.15) is 0 Å². The normalized spacial score (nSPS) is 10.6. The lowest BCUT2D eigenvalue weighted by Crippen LogP contribution is -2.00. The zero-order chi connectivity index (χ0) is 14.8. The molecule has 0 atom stereocenters. The standard InChI is InChI=1S/C18H15NOS/c1-12-18(21-13(2)19-12)17(20)16-10-8-15(9-11-16)14-6-4-3-5-7-14/h3-11H,1-2H3. The summed E-state index contributed by atoms with van der Waals surface area (Å²) in [6.07, 6.45) is 0. The minimum atomic E-state index is 0.0534. The second-order valence-corrected chi connectivity index (χ2v) is 6.12. The summed E-state index contributed by atoms with van der Waals surface area (Å²) in [7, 11) is 0. The summed E-state index contributed by atoms with van der Waals surface area (Å²) in [6.45, 7) is 3.81. The molecule has 0 aliphatic heterocycles. The van der Waals surface area contributed by atoms with Crippen LogP contribution >= 0.6 is 11.3 Å². The van der Waals surface area contributed by atoms with E-state index in [2.05, 4.69) is 17.1 Å². The highest BCUT2D eigenvalue weighted by Crippen LogP contribution is 2.23. The van der Waals surface area contributed by atoms with Gasteiger partial charge in [0, 0.05) is 5.56 Å². The second-order valence-electron chi connectivity index (χ2n) is 4.92. The first-order valence-corrected chi connectivity index (χ1v) is 7.61. The molecule has 0 spiro atoms. The largest absolute Gasteiger partial charge is 0.288 e. The second kappa shape index (κ2) is 5.62. The minimum absolute atomic E-state index is 0.0534. The molecule has 0 N–H and O–H groups in total. The fourth-order valence-corrected chi connectivity index (χ4v) is 3.20. The van der Waals surface area contributed by atoms with E-state index < -0.39 is 0 Å². The molecule has 0 amide bonds. The fourth-order valence-electron chi connectivity index (χ4n) is 2.32. The first kappa shape index (κ1) is 13.7. The van der Waals surface area contributed by atoms with Gasteiger partial charge in [0.05, 0.1) is 15.6 Å². The van der Waals surface area contributed by atoms with Gasteiger partial charge in [-0.1, -0.05) is 54.6 Å². The van der Waals surface area contributed by atoms with Crippen molar-refractivity contribution in [2.75, 3.05) is 0 Å². The third kappa shape index (κ3) is 2.78. The van der Waals surface area contributed by atoms with Crippen molar-refractivity contribution in [3.63, 3.8) is 0 Å². The van der Waals surface area contributed by atoms with Gasteiger partial charge >= 0.3 is 0 Å². The van der Waals surface area contributed by atoms with E-state index in [-0.39, 0.29) is 5.78 Å². The summed E-state index contributed by atoms with van der Waals surface area (Å²) in [5.74, 6) is 0.0534. The zero-order valence-corrected chi connectivity index (χ0v) is 12.8. The minimum Gasteiger partial charge on any atom is -0.288 e. The first-order chi connectivity index (χ1) is 10.1. The molecule has 1 heterocycles. The summed E-state index contributed by atoms with van der Waals surface area (Å²) in [4.78, 5) is 17.6. The van der Waals surface area contributed by atoms with Crippen molar-refractivity contribution in [3.05, 3.63) is 75.7 Å². The molecule has 0 aliphatic rings. The number of carbonyl (C=O) groups excluding carboxylic acids is 1. The molecule has 3 rings (SSSR count). The molecule has 3 heteroatoms. The fraction of sp³-hybridized carbons (Fsp3) is 0.111. The Morgan fingerprint density at radius 1 is 0.905 bits per heavy atom. The Bertz CT molecular complexity index is 773. The molecule has 0 bridgehead atoms. The van der Waals surface area contributed by atoms with Crippen molar-refractivity contribution in [2.24, 2.45) is 0 Å². The molecule has 2 aromatic carbocycles. The van der Waals surface area contributed by atoms with Crippen LogP contribution in [0, 0.1) is 13.8 Å². The van der Waals surface area contributed by atoms with Crippen LogP contribution in [0.15, 0.2) is 54.6 Å². The molecule has 3 aromatic rings. The average molecular weight is 293 g/mol. The summed E-state index contributed by atoms with van der Waals surface area (Å²) < 4.78 is 0. The van der Waals surface area contributed by atoms with Crippen LogP contribution in [0.4, 0.5) is 0 Å². The van der Waals surface area contributed by atoms with E-state index in [0.717, 1.165) is 26.7 Å². The molecule has 0 fully saturated rings. The highest BCUT2D eigenvalue weighted by atomic mass is 32.1. The van der Waals surface area contributed by atoms with Crippen molar-refractivity contribution in [1.82, 2.24) is 4.98 Å². The number of benzene rings is 2. The molecular formula is C18H15NOS. The van der Waals surface area contributed by atoms with Gasteiger partial charge in [-0.05, 0) is 25.0 Å². The van der Waals surface area contributed by atoms with Gasteiger partial charge in [-0.25, -0.2) is 4.98 Å². The van der Waals surface area contributed by atoms with E-state index in [1.54, 1.807) is 0 Å². The molecular weight excluding hydrogens is 278 g/mol. The molecule has 2 nitrogen and oxygen atoms in total. The molecule has 0 saturated heterocycles. The number of carbonyl (C=O) groups is 1. The van der Waals surface area contributed by atoms with Crippen LogP contribution in [-0.4, -0.2) is 10.8 Å². The van der Waals surface area contributed by atoms with E-state index >= 15 is 0 Å². The SMILES string of the molecule is Cc1nc(C)c(C(=O)c2ccc(-c3ccccc3)cc2)s1. The van der Waals surface area contributed by atoms with Crippen LogP contribution < -0.4 is 0 Å². The maximum atomic E-state index is 12.5. The number of rotatable bonds is 3. The van der Waals surface area contributed by atoms with Crippen molar-refractivity contribution in [3.8, 4) is 11.1 Å². The van der Waals surface area contributed by atoms with E-state index in [1.165, 1.54) is 11.3 Å². The number of aryl methyl sites for hydroxylation is 2. The van der Waals surface area contributed by atoms with Gasteiger partial charge in [0.2, 0.25) is 5.78 Å². The van der Waals surface area contributed by atoms with Crippen molar-refractivity contribution in [2.45, 2.75) is 13.8 Å². The van der Waals surface area contributed by atoms with Crippen molar-refractivity contribution < 1.29 is 4.79 Å². The Kier molecular flexibility index (Phi) is 3.67. The summed E-state index contributed by atoms with van der Waals surface area (Å²) in [5, 5.41) is 0.928. The molecule has 0 radical (unpaired) electrons. The van der Waals surface area contributed by atoms with Crippen LogP contribution in [0.1, 0.15) is 25.9 Å². The predicted molar refractivity (Wildman–Crippen MR) is 86.9 cm³/mol. The van der Waals surface area contributed by atoms with E-state index in [1.807, 2.05) is 56.3 Å². The highest BCUT2D eigenvalue weighted by Gasteiger charge is 2.15. The molecule has 104 valence electrons. The number of aromatic nitrogens is 1. The summed E-state index contributed by atoms with van der Waals surface area (Å²) in [6, 6.07) is 17.9. The Morgan fingerprint density at radius 2 is 1.52 bits per heavy atom. The van der Waals surface area contributed by atoms with Crippen molar-refractivity contribution >= 4 is 17.1 Å². The highest BCUT2D eigenvalue weighted by molar-refractivity contribution is 7.14. The lowest BCUT2D eigenvalue weighted by Gasteiger charge is -2.03. The number of nitrogens with zero attached hydrogens (tertiary/aromatic N) is 1. The third-order valence-electron chi connectivity index (χ3n) is 3.36. The van der Waals surface area contributed by atoms with Crippen molar-refractivity contribution in [1.29, 1.82) is 0 Å². The Balaban J connectivity index is 1.91. The first-order valence-electron chi connectivity index (χ1n) is 6.79. The summed E-state index contributed by atoms with van der Waals surface area (Å²) in [5.41, 5.74) is 3.79. The number of hydrogen-bond acceptors (Lipinski definition) is 3. The topological polar surface area (TPSA) is 30.0 Å². The van der Waals surface area contributed by atoms with Gasteiger partial charge in [-0.3, -0.25) is 4.79 Å². The van der Waals surface area contributed by atoms with Gasteiger partial charge in [-0.2, -0.15) is 0 Å². The predicted octanol–water partition coefficient (Wildman–Crippen LogP) is 4.66. The van der Waals surface area contributed by atoms with E-state index in [0.29, 0.717) is 5.56 Å². The lowest BCUT2D eigenvalue weighted by atomic mass is 10.0. The van der Waals surface area contributed by atoms with Gasteiger partial charge in [-0.15, -0.1) is 11.3 Å². The van der Waals surface area contributed by atoms with Crippen LogP contribution in [0.5, 0.6) is 0 Å². The van der Waals surface area contributed by atoms with Crippen LogP contribution in [0.25, 0.3) is 11.1 Å². The molecule has 0 unspecified atom stereocenters. The molecule has 1 aromatic heterocycles. The Hall–Kier alpha value is -2.26. The van der Waals surface area contributed by atoms with Gasteiger partial charge in [0.15, 0.2) is 0 Å². The number of hydrogen-bond donors (Lipinski definition) is 0. The lowest BCUT2D eigenvalue weighted by molar-refractivity contribution is 0.104. The molecule has 0 aliphatic carbocycles. The Labute approximate surface area is 128 Å². The van der Waals surface area contributed by atoms with Gasteiger partial charge in [0.25, 0.3) is 0 Å². The summed E-state index contributed by atoms with van der Waals surface area (Å²) >= 11 is 1.46. The third-order valence-corrected chi connectivity index (χ3v) is 4.44. The Morgan fingerprint density at radius 3 is 2.10 bits per heavy atom. The smallest absolute Gasteiger partial charge is 0.204 e. The van der Waals surface area contributed by atoms with E-state index in [9.17, 15) is 4.79 Å². The average Bonchev–Trinajstić information content (AvgIpc) is 2.86. The number of thiazole rings is 1. The monoisotopic (exact) mass is 293 g/mol. The number of ketones is 1. The molecule has 21 heavy (non-hydrogen) atoms. The maximum absolute atomic E-state index is 12.5. The quantitative estimate of drug-likeness (QED) is 0.657. The van der Waals surface area contributed by atoms with Crippen LogP contribution in [0.3, 0.4) is 0 Å². The maximum Gasteiger partial charge on any atom is 0.204 e. The molecule has 0 saturated carbocycles. The zero-order valence-electron chi connectivity index (χ0n) is 12.0. The van der Waals surface area contributed by atoms with Crippen LogP contribution in [0.2, 0.25) is 0 Å².